The van der Waals surface area contributed by atoms with Gasteiger partial charge in [-0.15, -0.1) is 5.10 Å². The molecule has 3 rings (SSSR count). The van der Waals surface area contributed by atoms with E-state index >= 15 is 0 Å². The Morgan fingerprint density at radius 2 is 2.26 bits per heavy atom. The highest BCUT2D eigenvalue weighted by molar-refractivity contribution is 6.33. The zero-order valence-electron chi connectivity index (χ0n) is 10.8. The highest BCUT2D eigenvalue weighted by Gasteiger charge is 2.29. The van der Waals surface area contributed by atoms with Crippen LogP contribution in [0.3, 0.4) is 0 Å². The summed E-state index contributed by atoms with van der Waals surface area (Å²) in [7, 11) is 0. The number of tetrazole rings is 1. The van der Waals surface area contributed by atoms with Crippen molar-refractivity contribution in [2.75, 3.05) is 5.73 Å². The molecule has 0 spiro atoms. The normalized spacial score (nSPS) is 16.5. The van der Waals surface area contributed by atoms with Crippen molar-refractivity contribution in [2.24, 2.45) is 11.8 Å². The van der Waals surface area contributed by atoms with Crippen molar-refractivity contribution in [3.63, 3.8) is 0 Å². The molecule has 1 atom stereocenters. The third-order valence-corrected chi connectivity index (χ3v) is 3.98. The van der Waals surface area contributed by atoms with Crippen LogP contribution in [0.4, 0.5) is 5.69 Å². The summed E-state index contributed by atoms with van der Waals surface area (Å²) in [5.74, 6) is 2.08. The van der Waals surface area contributed by atoms with Crippen molar-refractivity contribution in [1.82, 2.24) is 20.2 Å². The summed E-state index contributed by atoms with van der Waals surface area (Å²) >= 11 is 6.21. The highest BCUT2D eigenvalue weighted by Crippen LogP contribution is 2.37. The van der Waals surface area contributed by atoms with E-state index in [4.69, 9.17) is 17.3 Å². The molecule has 19 heavy (non-hydrogen) atoms. The molecule has 6 heteroatoms. The van der Waals surface area contributed by atoms with Crippen molar-refractivity contribution in [3.05, 3.63) is 23.2 Å². The van der Waals surface area contributed by atoms with Crippen LogP contribution in [-0.4, -0.2) is 20.2 Å². The van der Waals surface area contributed by atoms with Gasteiger partial charge in [-0.25, -0.2) is 4.68 Å². The average Bonchev–Trinajstić information content (AvgIpc) is 3.14. The zero-order valence-corrected chi connectivity index (χ0v) is 11.5. The molecule has 5 nitrogen and oxygen atoms in total. The van der Waals surface area contributed by atoms with Gasteiger partial charge in [-0.1, -0.05) is 18.5 Å². The number of benzene rings is 1. The summed E-state index contributed by atoms with van der Waals surface area (Å²) in [6.07, 6.45) is 2.63. The molecule has 0 aliphatic heterocycles. The smallest absolute Gasteiger partial charge is 0.183 e. The van der Waals surface area contributed by atoms with Crippen LogP contribution in [-0.2, 0) is 6.54 Å². The van der Waals surface area contributed by atoms with Crippen molar-refractivity contribution in [2.45, 2.75) is 26.3 Å². The van der Waals surface area contributed by atoms with Gasteiger partial charge in [-0.2, -0.15) is 0 Å². The molecule has 0 saturated heterocycles. The molecule has 1 saturated carbocycles. The van der Waals surface area contributed by atoms with Crippen molar-refractivity contribution in [3.8, 4) is 11.4 Å². The number of nitrogens with zero attached hydrogens (tertiary/aromatic N) is 4. The third-order valence-electron chi connectivity index (χ3n) is 3.65. The van der Waals surface area contributed by atoms with Gasteiger partial charge in [0, 0.05) is 17.8 Å². The summed E-state index contributed by atoms with van der Waals surface area (Å²) in [6, 6.07) is 5.36. The van der Waals surface area contributed by atoms with Crippen LogP contribution in [0.25, 0.3) is 11.4 Å². The Morgan fingerprint density at radius 1 is 1.47 bits per heavy atom. The Kier molecular flexibility index (Phi) is 3.14. The predicted octanol–water partition coefficient (Wildman–Crippen LogP) is 2.62. The number of nitrogen functional groups attached to an aromatic ring is 1. The van der Waals surface area contributed by atoms with Crippen molar-refractivity contribution >= 4 is 17.3 Å². The van der Waals surface area contributed by atoms with Crippen molar-refractivity contribution < 1.29 is 0 Å². The Balaban J connectivity index is 1.92. The molecule has 0 radical (unpaired) electrons. The van der Waals surface area contributed by atoms with E-state index in [1.807, 2.05) is 10.7 Å². The van der Waals surface area contributed by atoms with E-state index in [2.05, 4.69) is 22.4 Å². The molecule has 0 bridgehead atoms. The molecule has 1 aliphatic rings. The lowest BCUT2D eigenvalue weighted by molar-refractivity contribution is 0.402. The van der Waals surface area contributed by atoms with Gasteiger partial charge in [0.1, 0.15) is 0 Å². The number of aromatic nitrogens is 4. The molecule has 1 heterocycles. The first-order chi connectivity index (χ1) is 9.15. The molecule has 1 aromatic heterocycles. The molecule has 1 aliphatic carbocycles. The number of anilines is 1. The van der Waals surface area contributed by atoms with Crippen LogP contribution < -0.4 is 5.73 Å². The van der Waals surface area contributed by atoms with Gasteiger partial charge in [0.25, 0.3) is 0 Å². The minimum Gasteiger partial charge on any atom is -0.399 e. The van der Waals surface area contributed by atoms with Gasteiger partial charge in [-0.3, -0.25) is 0 Å². The molecular formula is C13H16ClN5. The maximum absolute atomic E-state index is 6.21. The number of hydrogen-bond acceptors (Lipinski definition) is 4. The molecule has 2 N–H and O–H groups in total. The highest BCUT2D eigenvalue weighted by atomic mass is 35.5. The average molecular weight is 278 g/mol. The summed E-state index contributed by atoms with van der Waals surface area (Å²) in [5.41, 5.74) is 7.25. The largest absolute Gasteiger partial charge is 0.399 e. The third kappa shape index (κ3) is 2.56. The van der Waals surface area contributed by atoms with E-state index in [1.54, 1.807) is 12.1 Å². The molecule has 1 unspecified atom stereocenters. The van der Waals surface area contributed by atoms with E-state index in [-0.39, 0.29) is 0 Å². The Labute approximate surface area is 116 Å². The van der Waals surface area contributed by atoms with Crippen LogP contribution in [0.5, 0.6) is 0 Å². The van der Waals surface area contributed by atoms with Gasteiger partial charge in [0.15, 0.2) is 5.82 Å². The summed E-state index contributed by atoms with van der Waals surface area (Å²) in [6.45, 7) is 3.06. The van der Waals surface area contributed by atoms with Crippen LogP contribution in [0.1, 0.15) is 19.8 Å². The second-order valence-corrected chi connectivity index (χ2v) is 5.65. The van der Waals surface area contributed by atoms with E-state index in [0.29, 0.717) is 22.5 Å². The van der Waals surface area contributed by atoms with Crippen molar-refractivity contribution in [1.29, 1.82) is 0 Å². The predicted molar refractivity (Wildman–Crippen MR) is 74.6 cm³/mol. The van der Waals surface area contributed by atoms with Gasteiger partial charge in [0.05, 0.1) is 5.02 Å². The number of hydrogen-bond donors (Lipinski definition) is 1. The number of rotatable bonds is 4. The zero-order chi connectivity index (χ0) is 13.4. The Bertz CT molecular complexity index is 590. The lowest BCUT2D eigenvalue weighted by Gasteiger charge is -2.11. The molecular weight excluding hydrogens is 262 g/mol. The monoisotopic (exact) mass is 277 g/mol. The van der Waals surface area contributed by atoms with Crippen LogP contribution in [0, 0.1) is 11.8 Å². The SMILES string of the molecule is CC(Cn1nnnc1-c1cc(N)ccc1Cl)C1CC1. The maximum Gasteiger partial charge on any atom is 0.183 e. The molecule has 1 aromatic carbocycles. The van der Waals surface area contributed by atoms with Crippen LogP contribution in [0.2, 0.25) is 5.02 Å². The molecule has 0 amide bonds. The first-order valence-electron chi connectivity index (χ1n) is 6.46. The number of nitrogens with two attached hydrogens (primary N) is 1. The fraction of sp³-hybridized carbons (Fsp3) is 0.462. The minimum atomic E-state index is 0.585. The number of halogens is 1. The maximum atomic E-state index is 6.21. The summed E-state index contributed by atoms with van der Waals surface area (Å²) in [5, 5.41) is 12.5. The van der Waals surface area contributed by atoms with E-state index in [1.165, 1.54) is 12.8 Å². The first-order valence-corrected chi connectivity index (χ1v) is 6.84. The molecule has 1 fully saturated rings. The van der Waals surface area contributed by atoms with Gasteiger partial charge in [0.2, 0.25) is 0 Å². The summed E-state index contributed by atoms with van der Waals surface area (Å²) in [4.78, 5) is 0. The lowest BCUT2D eigenvalue weighted by atomic mass is 10.1. The second kappa shape index (κ2) is 4.81. The van der Waals surface area contributed by atoms with E-state index < -0.39 is 0 Å². The van der Waals surface area contributed by atoms with E-state index in [0.717, 1.165) is 18.0 Å². The quantitative estimate of drug-likeness (QED) is 0.872. The Hall–Kier alpha value is -1.62. The van der Waals surface area contributed by atoms with Gasteiger partial charge >= 0.3 is 0 Å². The standard InChI is InChI=1S/C13H16ClN5/c1-8(9-2-3-9)7-19-13(16-17-18-19)11-6-10(15)4-5-12(11)14/h4-6,8-9H,2-3,7,15H2,1H3. The van der Waals surface area contributed by atoms with Crippen LogP contribution >= 0.6 is 11.6 Å². The van der Waals surface area contributed by atoms with E-state index in [9.17, 15) is 0 Å². The second-order valence-electron chi connectivity index (χ2n) is 5.24. The fourth-order valence-corrected chi connectivity index (χ4v) is 2.52. The van der Waals surface area contributed by atoms with Gasteiger partial charge < -0.3 is 5.73 Å². The summed E-state index contributed by atoms with van der Waals surface area (Å²) < 4.78 is 1.82. The van der Waals surface area contributed by atoms with Gasteiger partial charge in [-0.05, 0) is 53.3 Å². The lowest BCUT2D eigenvalue weighted by Crippen LogP contribution is -2.12. The van der Waals surface area contributed by atoms with Crippen LogP contribution in [0.15, 0.2) is 18.2 Å². The topological polar surface area (TPSA) is 69.6 Å². The molecule has 2 aromatic rings. The fourth-order valence-electron chi connectivity index (χ4n) is 2.32. The minimum absolute atomic E-state index is 0.585. The Morgan fingerprint density at radius 3 is 3.00 bits per heavy atom. The molecule has 100 valence electrons. The first kappa shape index (κ1) is 12.4.